The van der Waals surface area contributed by atoms with Gasteiger partial charge in [-0.25, -0.2) is 5.43 Å². The molecule has 5 heteroatoms. The van der Waals surface area contributed by atoms with Gasteiger partial charge in [-0.3, -0.25) is 4.79 Å². The van der Waals surface area contributed by atoms with Crippen LogP contribution in [0.25, 0.3) is 5.57 Å². The van der Waals surface area contributed by atoms with Crippen molar-refractivity contribution in [2.24, 2.45) is 16.3 Å². The SMILES string of the molecule is CC1(/C=N/NC(=O)CC2=CCc3ccccc32)C=CC=C(N)C1Cl. The van der Waals surface area contributed by atoms with Gasteiger partial charge in [-0.2, -0.15) is 5.10 Å². The van der Waals surface area contributed by atoms with Gasteiger partial charge >= 0.3 is 0 Å². The van der Waals surface area contributed by atoms with Crippen LogP contribution < -0.4 is 11.2 Å². The fraction of sp³-hybridized carbons (Fsp3) is 0.263. The Morgan fingerprint density at radius 3 is 3.12 bits per heavy atom. The molecule has 1 aromatic carbocycles. The lowest BCUT2D eigenvalue weighted by atomic mass is 9.83. The van der Waals surface area contributed by atoms with Crippen LogP contribution in [-0.4, -0.2) is 17.5 Å². The van der Waals surface area contributed by atoms with Crippen LogP contribution in [0.1, 0.15) is 24.5 Å². The molecule has 0 saturated heterocycles. The zero-order chi connectivity index (χ0) is 17.2. The maximum Gasteiger partial charge on any atom is 0.244 e. The van der Waals surface area contributed by atoms with Crippen molar-refractivity contribution in [1.29, 1.82) is 0 Å². The Morgan fingerprint density at radius 1 is 1.50 bits per heavy atom. The molecule has 2 unspecified atom stereocenters. The summed E-state index contributed by atoms with van der Waals surface area (Å²) in [6.45, 7) is 1.92. The lowest BCUT2D eigenvalue weighted by molar-refractivity contribution is -0.120. The van der Waals surface area contributed by atoms with Crippen molar-refractivity contribution in [3.63, 3.8) is 0 Å². The molecule has 0 aliphatic heterocycles. The molecule has 1 aromatic rings. The van der Waals surface area contributed by atoms with Crippen LogP contribution in [0.4, 0.5) is 0 Å². The lowest BCUT2D eigenvalue weighted by Crippen LogP contribution is -2.35. The van der Waals surface area contributed by atoms with Gasteiger partial charge < -0.3 is 5.73 Å². The Morgan fingerprint density at radius 2 is 2.29 bits per heavy atom. The van der Waals surface area contributed by atoms with Gasteiger partial charge in [0.25, 0.3) is 0 Å². The molecule has 3 rings (SSSR count). The molecule has 124 valence electrons. The maximum absolute atomic E-state index is 12.1. The minimum absolute atomic E-state index is 0.146. The molecule has 0 spiro atoms. The van der Waals surface area contributed by atoms with Crippen molar-refractivity contribution in [1.82, 2.24) is 5.43 Å². The number of nitrogens with zero attached hydrogens (tertiary/aromatic N) is 1. The number of nitrogens with one attached hydrogen (secondary N) is 1. The maximum atomic E-state index is 12.1. The van der Waals surface area contributed by atoms with E-state index in [4.69, 9.17) is 17.3 Å². The number of rotatable bonds is 4. The number of fused-ring (bicyclic) bond motifs is 1. The molecule has 0 saturated carbocycles. The molecule has 0 aromatic heterocycles. The average molecular weight is 342 g/mol. The summed E-state index contributed by atoms with van der Waals surface area (Å²) in [5.41, 5.74) is 12.0. The molecule has 2 atom stereocenters. The molecule has 1 amide bonds. The van der Waals surface area contributed by atoms with Gasteiger partial charge in [0.15, 0.2) is 0 Å². The second-order valence-electron chi connectivity index (χ2n) is 6.31. The van der Waals surface area contributed by atoms with Crippen LogP contribution >= 0.6 is 11.6 Å². The molecule has 2 aliphatic carbocycles. The molecule has 24 heavy (non-hydrogen) atoms. The van der Waals surface area contributed by atoms with Crippen molar-refractivity contribution in [3.05, 3.63) is 65.4 Å². The van der Waals surface area contributed by atoms with Crippen molar-refractivity contribution in [2.45, 2.75) is 25.1 Å². The number of amides is 1. The van der Waals surface area contributed by atoms with E-state index in [1.54, 1.807) is 12.3 Å². The van der Waals surface area contributed by atoms with Crippen molar-refractivity contribution in [2.75, 3.05) is 0 Å². The smallest absolute Gasteiger partial charge is 0.244 e. The van der Waals surface area contributed by atoms with Crippen molar-refractivity contribution < 1.29 is 4.79 Å². The van der Waals surface area contributed by atoms with Crippen LogP contribution in [0.3, 0.4) is 0 Å². The van der Waals surface area contributed by atoms with E-state index in [0.717, 1.165) is 17.6 Å². The van der Waals surface area contributed by atoms with Gasteiger partial charge in [0, 0.05) is 17.3 Å². The number of halogens is 1. The highest BCUT2D eigenvalue weighted by atomic mass is 35.5. The van der Waals surface area contributed by atoms with Crippen LogP contribution in [0, 0.1) is 5.41 Å². The van der Waals surface area contributed by atoms with E-state index in [0.29, 0.717) is 12.1 Å². The average Bonchev–Trinajstić information content (AvgIpc) is 2.96. The first-order chi connectivity index (χ1) is 11.5. The summed E-state index contributed by atoms with van der Waals surface area (Å²) in [7, 11) is 0. The topological polar surface area (TPSA) is 67.5 Å². The van der Waals surface area contributed by atoms with E-state index >= 15 is 0 Å². The second kappa shape index (κ2) is 6.65. The Labute approximate surface area is 146 Å². The number of hydrazone groups is 1. The predicted molar refractivity (Wildman–Crippen MR) is 98.5 cm³/mol. The van der Waals surface area contributed by atoms with E-state index in [1.165, 1.54) is 5.56 Å². The number of carbonyl (C=O) groups is 1. The molecule has 3 N–H and O–H groups in total. The summed E-state index contributed by atoms with van der Waals surface area (Å²) in [4.78, 5) is 12.1. The van der Waals surface area contributed by atoms with Crippen LogP contribution in [-0.2, 0) is 11.2 Å². The fourth-order valence-corrected chi connectivity index (χ4v) is 3.18. The summed E-state index contributed by atoms with van der Waals surface area (Å²) in [5, 5.41) is 3.70. The van der Waals surface area contributed by atoms with Crippen LogP contribution in [0.2, 0.25) is 0 Å². The number of allylic oxidation sites excluding steroid dienone is 5. The summed E-state index contributed by atoms with van der Waals surface area (Å²) in [6.07, 6.45) is 10.5. The number of benzene rings is 1. The Balaban J connectivity index is 1.59. The number of hydrogen-bond acceptors (Lipinski definition) is 3. The summed E-state index contributed by atoms with van der Waals surface area (Å²) in [5.74, 6) is -0.146. The summed E-state index contributed by atoms with van der Waals surface area (Å²) in [6, 6.07) is 8.14. The molecule has 2 aliphatic rings. The van der Waals surface area contributed by atoms with E-state index in [-0.39, 0.29) is 11.3 Å². The molecule has 0 bridgehead atoms. The third kappa shape index (κ3) is 3.29. The minimum atomic E-state index is -0.521. The monoisotopic (exact) mass is 341 g/mol. The van der Waals surface area contributed by atoms with Crippen LogP contribution in [0.15, 0.2) is 59.4 Å². The van der Waals surface area contributed by atoms with Gasteiger partial charge in [0.05, 0.1) is 11.8 Å². The largest absolute Gasteiger partial charge is 0.401 e. The number of alkyl halides is 1. The second-order valence-corrected chi connectivity index (χ2v) is 6.75. The highest BCUT2D eigenvalue weighted by molar-refractivity contribution is 6.24. The van der Waals surface area contributed by atoms with Gasteiger partial charge in [-0.1, -0.05) is 42.5 Å². The highest BCUT2D eigenvalue weighted by Crippen LogP contribution is 2.32. The molecule has 0 radical (unpaired) electrons. The first-order valence-electron chi connectivity index (χ1n) is 7.89. The van der Waals surface area contributed by atoms with Crippen molar-refractivity contribution in [3.8, 4) is 0 Å². The number of nitrogens with two attached hydrogens (primary N) is 1. The summed E-state index contributed by atoms with van der Waals surface area (Å²) < 4.78 is 0. The number of hydrogen-bond donors (Lipinski definition) is 2. The molecule has 4 nitrogen and oxygen atoms in total. The third-order valence-electron chi connectivity index (χ3n) is 4.40. The number of carbonyl (C=O) groups excluding carboxylic acids is 1. The van der Waals surface area contributed by atoms with E-state index in [1.807, 2.05) is 37.3 Å². The standard InChI is InChI=1S/C19H20ClN3O/c1-19(10-4-7-16(21)18(19)20)12-22-23-17(24)11-14-9-8-13-5-2-3-6-15(13)14/h2-7,9-10,12,18H,8,11,21H2,1H3,(H,23,24)/b22-12+. The zero-order valence-electron chi connectivity index (χ0n) is 13.5. The van der Waals surface area contributed by atoms with E-state index in [9.17, 15) is 4.79 Å². The predicted octanol–water partition coefficient (Wildman–Crippen LogP) is 3.14. The third-order valence-corrected chi connectivity index (χ3v) is 5.12. The van der Waals surface area contributed by atoms with Crippen LogP contribution in [0.5, 0.6) is 0 Å². The fourth-order valence-electron chi connectivity index (χ4n) is 2.98. The highest BCUT2D eigenvalue weighted by Gasteiger charge is 2.32. The quantitative estimate of drug-likeness (QED) is 0.502. The van der Waals surface area contributed by atoms with Gasteiger partial charge in [0.1, 0.15) is 0 Å². The van der Waals surface area contributed by atoms with E-state index in [2.05, 4.69) is 22.7 Å². The minimum Gasteiger partial charge on any atom is -0.401 e. The Kier molecular flexibility index (Phi) is 4.58. The first-order valence-corrected chi connectivity index (χ1v) is 8.32. The molecule has 0 heterocycles. The lowest BCUT2D eigenvalue weighted by Gasteiger charge is -2.29. The Bertz CT molecular complexity index is 779. The van der Waals surface area contributed by atoms with Gasteiger partial charge in [-0.15, -0.1) is 11.6 Å². The van der Waals surface area contributed by atoms with E-state index < -0.39 is 5.41 Å². The summed E-state index contributed by atoms with van der Waals surface area (Å²) >= 11 is 6.33. The van der Waals surface area contributed by atoms with Gasteiger partial charge in [0.2, 0.25) is 5.91 Å². The normalized spacial score (nSPS) is 25.3. The Hall–Kier alpha value is -2.33. The first kappa shape index (κ1) is 16.5. The molecular formula is C19H20ClN3O. The van der Waals surface area contributed by atoms with Gasteiger partial charge in [-0.05, 0) is 36.1 Å². The van der Waals surface area contributed by atoms with Crippen molar-refractivity contribution >= 4 is 29.3 Å². The zero-order valence-corrected chi connectivity index (χ0v) is 14.3. The molecular weight excluding hydrogens is 322 g/mol. The molecule has 0 fully saturated rings.